The average Bonchev–Trinajstić information content (AvgIpc) is 2.59. The van der Waals surface area contributed by atoms with Crippen LogP contribution in [0.15, 0.2) is 16.7 Å². The first-order chi connectivity index (χ1) is 7.30. The van der Waals surface area contributed by atoms with E-state index in [1.54, 1.807) is 13.0 Å². The number of aryl methyl sites for hydroxylation is 1. The maximum atomic E-state index is 11.6. The fourth-order valence-electron chi connectivity index (χ4n) is 1.09. The SMILES string of the molecule is Cc1cc(C(=O)NCC(=O)C(C)(C)C)co1. The monoisotopic (exact) mass is 223 g/mol. The fraction of sp³-hybridized carbons (Fsp3) is 0.500. The molecule has 0 saturated heterocycles. The number of furan rings is 1. The van der Waals surface area contributed by atoms with E-state index in [0.717, 1.165) is 0 Å². The Bertz CT molecular complexity index is 399. The summed E-state index contributed by atoms with van der Waals surface area (Å²) < 4.78 is 5.01. The maximum absolute atomic E-state index is 11.6. The third-order valence-corrected chi connectivity index (χ3v) is 2.24. The molecule has 0 bridgehead atoms. The van der Waals surface area contributed by atoms with Crippen molar-refractivity contribution in [3.05, 3.63) is 23.7 Å². The van der Waals surface area contributed by atoms with Crippen LogP contribution in [-0.4, -0.2) is 18.2 Å². The molecule has 0 aliphatic carbocycles. The van der Waals surface area contributed by atoms with Gasteiger partial charge in [-0.15, -0.1) is 0 Å². The lowest BCUT2D eigenvalue weighted by Gasteiger charge is -2.16. The van der Waals surface area contributed by atoms with Crippen LogP contribution in [0.2, 0.25) is 0 Å². The summed E-state index contributed by atoms with van der Waals surface area (Å²) in [5.41, 5.74) is 0.0128. The lowest BCUT2D eigenvalue weighted by Crippen LogP contribution is -2.35. The summed E-state index contributed by atoms with van der Waals surface area (Å²) in [7, 11) is 0. The number of carbonyl (C=O) groups excluding carboxylic acids is 2. The minimum absolute atomic E-state index is 0.000988. The highest BCUT2D eigenvalue weighted by atomic mass is 16.3. The lowest BCUT2D eigenvalue weighted by atomic mass is 9.91. The normalized spacial score (nSPS) is 11.2. The number of hydrogen-bond acceptors (Lipinski definition) is 3. The Kier molecular flexibility index (Phi) is 3.52. The van der Waals surface area contributed by atoms with E-state index in [2.05, 4.69) is 5.32 Å². The number of hydrogen-bond donors (Lipinski definition) is 1. The molecule has 0 aliphatic rings. The van der Waals surface area contributed by atoms with Gasteiger partial charge in [-0.05, 0) is 13.0 Å². The summed E-state index contributed by atoms with van der Waals surface area (Å²) in [6, 6.07) is 1.64. The Morgan fingerprint density at radius 1 is 1.38 bits per heavy atom. The van der Waals surface area contributed by atoms with Crippen molar-refractivity contribution >= 4 is 11.7 Å². The van der Waals surface area contributed by atoms with E-state index in [-0.39, 0.29) is 18.2 Å². The summed E-state index contributed by atoms with van der Waals surface area (Å²) in [5, 5.41) is 2.57. The number of ketones is 1. The third-order valence-electron chi connectivity index (χ3n) is 2.24. The van der Waals surface area contributed by atoms with Gasteiger partial charge < -0.3 is 9.73 Å². The number of nitrogens with one attached hydrogen (secondary N) is 1. The molecule has 1 aromatic heterocycles. The molecule has 0 atom stereocenters. The zero-order chi connectivity index (χ0) is 12.3. The zero-order valence-electron chi connectivity index (χ0n) is 10.1. The van der Waals surface area contributed by atoms with Gasteiger partial charge in [-0.1, -0.05) is 20.8 Å². The summed E-state index contributed by atoms with van der Waals surface area (Å²) in [6.07, 6.45) is 1.38. The van der Waals surface area contributed by atoms with Crippen molar-refractivity contribution in [3.8, 4) is 0 Å². The molecule has 1 aromatic rings. The van der Waals surface area contributed by atoms with Gasteiger partial charge in [-0.25, -0.2) is 0 Å². The van der Waals surface area contributed by atoms with E-state index in [4.69, 9.17) is 4.42 Å². The second kappa shape index (κ2) is 4.51. The predicted octanol–water partition coefficient (Wildman–Crippen LogP) is 1.93. The van der Waals surface area contributed by atoms with Gasteiger partial charge in [0.2, 0.25) is 0 Å². The van der Waals surface area contributed by atoms with E-state index in [9.17, 15) is 9.59 Å². The highest BCUT2D eigenvalue weighted by Crippen LogP contribution is 2.13. The van der Waals surface area contributed by atoms with Crippen molar-refractivity contribution in [2.75, 3.05) is 6.54 Å². The van der Waals surface area contributed by atoms with Gasteiger partial charge in [0.25, 0.3) is 5.91 Å². The van der Waals surface area contributed by atoms with E-state index < -0.39 is 5.41 Å². The predicted molar refractivity (Wildman–Crippen MR) is 60.2 cm³/mol. The molecule has 0 fully saturated rings. The summed E-state index contributed by atoms with van der Waals surface area (Å²) in [5.74, 6) is 0.391. The van der Waals surface area contributed by atoms with Crippen LogP contribution in [0, 0.1) is 12.3 Å². The second-order valence-corrected chi connectivity index (χ2v) is 4.80. The Hall–Kier alpha value is -1.58. The van der Waals surface area contributed by atoms with Gasteiger partial charge in [0.1, 0.15) is 12.0 Å². The molecular weight excluding hydrogens is 206 g/mol. The smallest absolute Gasteiger partial charge is 0.254 e. The van der Waals surface area contributed by atoms with Crippen molar-refractivity contribution in [2.45, 2.75) is 27.7 Å². The first-order valence-electron chi connectivity index (χ1n) is 5.17. The average molecular weight is 223 g/mol. The molecule has 0 aliphatic heterocycles. The van der Waals surface area contributed by atoms with Gasteiger partial charge in [0.15, 0.2) is 5.78 Å². The molecule has 4 heteroatoms. The first kappa shape index (κ1) is 12.5. The topological polar surface area (TPSA) is 59.3 Å². The molecule has 0 unspecified atom stereocenters. The van der Waals surface area contributed by atoms with Crippen LogP contribution in [-0.2, 0) is 4.79 Å². The van der Waals surface area contributed by atoms with Gasteiger partial charge in [-0.3, -0.25) is 9.59 Å². The number of rotatable bonds is 3. The zero-order valence-corrected chi connectivity index (χ0v) is 10.1. The van der Waals surface area contributed by atoms with E-state index in [0.29, 0.717) is 11.3 Å². The second-order valence-electron chi connectivity index (χ2n) is 4.80. The molecular formula is C12H17NO3. The van der Waals surface area contributed by atoms with Gasteiger partial charge in [0.05, 0.1) is 12.1 Å². The molecule has 1 amide bonds. The first-order valence-corrected chi connectivity index (χ1v) is 5.17. The molecule has 88 valence electrons. The van der Waals surface area contributed by atoms with Gasteiger partial charge in [0, 0.05) is 5.41 Å². The third kappa shape index (κ3) is 3.22. The molecule has 0 aromatic carbocycles. The molecule has 0 spiro atoms. The van der Waals surface area contributed by atoms with Crippen molar-refractivity contribution in [1.29, 1.82) is 0 Å². The van der Waals surface area contributed by atoms with Crippen LogP contribution in [0.1, 0.15) is 36.9 Å². The van der Waals surface area contributed by atoms with Crippen LogP contribution < -0.4 is 5.32 Å². The molecule has 1 heterocycles. The van der Waals surface area contributed by atoms with Crippen LogP contribution >= 0.6 is 0 Å². The van der Waals surface area contributed by atoms with Crippen LogP contribution in [0.5, 0.6) is 0 Å². The number of Topliss-reactive ketones (excluding diaryl/α,β-unsaturated/α-hetero) is 1. The molecule has 1 rings (SSSR count). The maximum Gasteiger partial charge on any atom is 0.254 e. The Balaban J connectivity index is 2.51. The van der Waals surface area contributed by atoms with E-state index in [1.165, 1.54) is 6.26 Å². The fourth-order valence-corrected chi connectivity index (χ4v) is 1.09. The number of amides is 1. The Morgan fingerprint density at radius 3 is 2.44 bits per heavy atom. The minimum Gasteiger partial charge on any atom is -0.469 e. The van der Waals surface area contributed by atoms with Crippen molar-refractivity contribution < 1.29 is 14.0 Å². The van der Waals surface area contributed by atoms with Crippen molar-refractivity contribution in [1.82, 2.24) is 5.32 Å². The lowest BCUT2D eigenvalue weighted by molar-refractivity contribution is -0.125. The largest absolute Gasteiger partial charge is 0.469 e. The summed E-state index contributed by atoms with van der Waals surface area (Å²) >= 11 is 0. The minimum atomic E-state index is -0.431. The quantitative estimate of drug-likeness (QED) is 0.851. The number of carbonyl (C=O) groups is 2. The molecule has 0 radical (unpaired) electrons. The molecule has 4 nitrogen and oxygen atoms in total. The van der Waals surface area contributed by atoms with Gasteiger partial charge >= 0.3 is 0 Å². The molecule has 0 saturated carbocycles. The van der Waals surface area contributed by atoms with E-state index >= 15 is 0 Å². The highest BCUT2D eigenvalue weighted by molar-refractivity contribution is 5.97. The summed E-state index contributed by atoms with van der Waals surface area (Å²) in [4.78, 5) is 23.1. The highest BCUT2D eigenvalue weighted by Gasteiger charge is 2.21. The van der Waals surface area contributed by atoms with Crippen LogP contribution in [0.3, 0.4) is 0 Å². The summed E-state index contributed by atoms with van der Waals surface area (Å²) in [6.45, 7) is 7.28. The van der Waals surface area contributed by atoms with Crippen molar-refractivity contribution in [3.63, 3.8) is 0 Å². The Morgan fingerprint density at radius 2 is 2.00 bits per heavy atom. The van der Waals surface area contributed by atoms with Gasteiger partial charge in [-0.2, -0.15) is 0 Å². The van der Waals surface area contributed by atoms with Crippen molar-refractivity contribution in [2.24, 2.45) is 5.41 Å². The van der Waals surface area contributed by atoms with Crippen LogP contribution in [0.4, 0.5) is 0 Å². The molecule has 1 N–H and O–H groups in total. The Labute approximate surface area is 95.0 Å². The standard InChI is InChI=1S/C12H17NO3/c1-8-5-9(7-16-8)11(15)13-6-10(14)12(2,3)4/h5,7H,6H2,1-4H3,(H,13,15). The van der Waals surface area contributed by atoms with Crippen LogP contribution in [0.25, 0.3) is 0 Å². The van der Waals surface area contributed by atoms with E-state index in [1.807, 2.05) is 20.8 Å². The molecule has 16 heavy (non-hydrogen) atoms.